The Morgan fingerprint density at radius 2 is 2.38 bits per heavy atom. The van der Waals surface area contributed by atoms with Gasteiger partial charge in [0.05, 0.1) is 0 Å². The van der Waals surface area contributed by atoms with Crippen LogP contribution >= 0.6 is 0 Å². The molecule has 0 fully saturated rings. The third kappa shape index (κ3) is 0.991. The minimum atomic E-state index is -0.399. The Bertz CT molecular complexity index is 497. The first-order valence-corrected chi connectivity index (χ1v) is 3.51. The Labute approximate surface area is 71.7 Å². The standard InChI is InChI=1S/C5H7N7O/c1-7-12-3-2(10-11-12)4(13)9-5(6)8-3/h7H,1H3,(H3,6,8,9,13). The van der Waals surface area contributed by atoms with Gasteiger partial charge in [0.2, 0.25) is 11.6 Å². The average molecular weight is 181 g/mol. The fraction of sp³-hybridized carbons (Fsp3) is 0.200. The van der Waals surface area contributed by atoms with E-state index in [0.29, 0.717) is 5.65 Å². The molecular weight excluding hydrogens is 174 g/mol. The van der Waals surface area contributed by atoms with Gasteiger partial charge >= 0.3 is 0 Å². The van der Waals surface area contributed by atoms with Crippen LogP contribution in [0, 0.1) is 0 Å². The summed E-state index contributed by atoms with van der Waals surface area (Å²) >= 11 is 0. The summed E-state index contributed by atoms with van der Waals surface area (Å²) in [6, 6.07) is 0. The van der Waals surface area contributed by atoms with Crippen LogP contribution in [0.4, 0.5) is 5.95 Å². The van der Waals surface area contributed by atoms with E-state index in [-0.39, 0.29) is 11.5 Å². The van der Waals surface area contributed by atoms with Crippen LogP contribution in [0.2, 0.25) is 0 Å². The van der Waals surface area contributed by atoms with Crippen LogP contribution in [-0.4, -0.2) is 32.1 Å². The third-order valence-corrected chi connectivity index (χ3v) is 1.54. The molecule has 0 amide bonds. The van der Waals surface area contributed by atoms with Gasteiger partial charge in [0.1, 0.15) is 0 Å². The number of rotatable bonds is 1. The number of hydrogen-bond donors (Lipinski definition) is 3. The number of anilines is 1. The smallest absolute Gasteiger partial charge is 0.282 e. The van der Waals surface area contributed by atoms with Crippen molar-refractivity contribution in [3.05, 3.63) is 10.4 Å². The van der Waals surface area contributed by atoms with E-state index in [1.807, 2.05) is 0 Å². The highest BCUT2D eigenvalue weighted by molar-refractivity contribution is 5.69. The zero-order valence-electron chi connectivity index (χ0n) is 6.77. The topological polar surface area (TPSA) is 115 Å². The number of hydrogen-bond acceptors (Lipinski definition) is 6. The van der Waals surface area contributed by atoms with E-state index in [9.17, 15) is 4.79 Å². The van der Waals surface area contributed by atoms with E-state index in [1.165, 1.54) is 4.79 Å². The SMILES string of the molecule is CNn1nnc2c(=O)[nH]c(N)nc21. The van der Waals surface area contributed by atoms with Crippen molar-refractivity contribution in [2.24, 2.45) is 0 Å². The van der Waals surface area contributed by atoms with Crippen LogP contribution in [0.25, 0.3) is 11.2 Å². The molecule has 0 aliphatic heterocycles. The van der Waals surface area contributed by atoms with E-state index < -0.39 is 5.56 Å². The third-order valence-electron chi connectivity index (χ3n) is 1.54. The summed E-state index contributed by atoms with van der Waals surface area (Å²) in [5.74, 6) is 0.0382. The molecule has 2 heterocycles. The van der Waals surface area contributed by atoms with Crippen molar-refractivity contribution in [1.29, 1.82) is 0 Å². The monoisotopic (exact) mass is 181 g/mol. The van der Waals surface area contributed by atoms with Crippen LogP contribution in [0.1, 0.15) is 0 Å². The fourth-order valence-corrected chi connectivity index (χ4v) is 0.992. The predicted molar refractivity (Wildman–Crippen MR) is 45.6 cm³/mol. The average Bonchev–Trinajstić information content (AvgIpc) is 2.47. The number of aromatic amines is 1. The maximum atomic E-state index is 11.2. The van der Waals surface area contributed by atoms with Gasteiger partial charge in [-0.1, -0.05) is 0 Å². The number of nitrogens with one attached hydrogen (secondary N) is 2. The Morgan fingerprint density at radius 1 is 1.62 bits per heavy atom. The number of H-pyrrole nitrogens is 1. The fourth-order valence-electron chi connectivity index (χ4n) is 0.992. The second-order valence-electron chi connectivity index (χ2n) is 2.35. The summed E-state index contributed by atoms with van der Waals surface area (Å²) in [7, 11) is 1.63. The number of fused-ring (bicyclic) bond motifs is 1. The van der Waals surface area contributed by atoms with Gasteiger partial charge < -0.3 is 11.2 Å². The summed E-state index contributed by atoms with van der Waals surface area (Å²) in [5.41, 5.74) is 8.09. The molecule has 0 atom stereocenters. The molecule has 2 aromatic rings. The lowest BCUT2D eigenvalue weighted by molar-refractivity contribution is 0.743. The Morgan fingerprint density at radius 3 is 3.08 bits per heavy atom. The van der Waals surface area contributed by atoms with Crippen LogP contribution in [0.15, 0.2) is 4.79 Å². The molecule has 8 heteroatoms. The van der Waals surface area contributed by atoms with E-state index in [0.717, 1.165) is 0 Å². The summed E-state index contributed by atoms with van der Waals surface area (Å²) in [6.07, 6.45) is 0. The van der Waals surface area contributed by atoms with Crippen molar-refractivity contribution < 1.29 is 0 Å². The molecular formula is C5H7N7O. The first-order valence-electron chi connectivity index (χ1n) is 3.51. The zero-order chi connectivity index (χ0) is 9.42. The highest BCUT2D eigenvalue weighted by Crippen LogP contribution is 2.00. The molecule has 0 aliphatic rings. The molecule has 2 rings (SSSR count). The highest BCUT2D eigenvalue weighted by atomic mass is 16.1. The lowest BCUT2D eigenvalue weighted by Gasteiger charge is -1.97. The molecule has 0 spiro atoms. The molecule has 0 unspecified atom stereocenters. The second kappa shape index (κ2) is 2.44. The van der Waals surface area contributed by atoms with Gasteiger partial charge in [-0.3, -0.25) is 9.78 Å². The van der Waals surface area contributed by atoms with Gasteiger partial charge in [-0.2, -0.15) is 4.98 Å². The van der Waals surface area contributed by atoms with Crippen molar-refractivity contribution in [1.82, 2.24) is 25.1 Å². The van der Waals surface area contributed by atoms with Crippen molar-refractivity contribution in [3.8, 4) is 0 Å². The van der Waals surface area contributed by atoms with E-state index in [4.69, 9.17) is 5.73 Å². The highest BCUT2D eigenvalue weighted by Gasteiger charge is 2.08. The number of aromatic nitrogens is 5. The molecule has 0 aromatic carbocycles. The normalized spacial score (nSPS) is 10.5. The van der Waals surface area contributed by atoms with Gasteiger partial charge in [-0.05, 0) is 5.21 Å². The molecule has 13 heavy (non-hydrogen) atoms. The molecule has 0 saturated heterocycles. The van der Waals surface area contributed by atoms with Gasteiger partial charge in [-0.15, -0.1) is 9.89 Å². The molecule has 68 valence electrons. The lowest BCUT2D eigenvalue weighted by atomic mass is 10.5. The van der Waals surface area contributed by atoms with E-state index in [1.54, 1.807) is 7.05 Å². The zero-order valence-corrected chi connectivity index (χ0v) is 6.77. The molecule has 0 aliphatic carbocycles. The van der Waals surface area contributed by atoms with Crippen molar-refractivity contribution in [2.45, 2.75) is 0 Å². The minimum Gasteiger partial charge on any atom is -0.369 e. The van der Waals surface area contributed by atoms with Crippen molar-refractivity contribution >= 4 is 17.1 Å². The van der Waals surface area contributed by atoms with Crippen LogP contribution in [0.3, 0.4) is 0 Å². The predicted octanol–water partition coefficient (Wildman–Crippen LogP) is -1.73. The maximum absolute atomic E-state index is 11.2. The van der Waals surface area contributed by atoms with Crippen LogP contribution < -0.4 is 16.7 Å². The molecule has 0 radical (unpaired) electrons. The number of nitrogens with zero attached hydrogens (tertiary/aromatic N) is 4. The first-order chi connectivity index (χ1) is 6.22. The Kier molecular flexibility index (Phi) is 1.41. The van der Waals surface area contributed by atoms with E-state index in [2.05, 4.69) is 25.7 Å². The minimum absolute atomic E-state index is 0.0382. The summed E-state index contributed by atoms with van der Waals surface area (Å²) in [6.45, 7) is 0. The first kappa shape index (κ1) is 7.53. The maximum Gasteiger partial charge on any atom is 0.282 e. The molecule has 0 bridgehead atoms. The van der Waals surface area contributed by atoms with Crippen molar-refractivity contribution in [2.75, 3.05) is 18.2 Å². The van der Waals surface area contributed by atoms with Crippen LogP contribution in [0.5, 0.6) is 0 Å². The number of nitrogen functional groups attached to an aromatic ring is 1. The van der Waals surface area contributed by atoms with Crippen LogP contribution in [-0.2, 0) is 0 Å². The van der Waals surface area contributed by atoms with Gasteiger partial charge in [-0.25, -0.2) is 0 Å². The summed E-state index contributed by atoms with van der Waals surface area (Å²) < 4.78 is 0. The summed E-state index contributed by atoms with van der Waals surface area (Å²) in [5, 5.41) is 7.25. The quantitative estimate of drug-likeness (QED) is 0.481. The Balaban J connectivity index is 2.90. The largest absolute Gasteiger partial charge is 0.369 e. The molecule has 2 aromatic heterocycles. The molecule has 0 saturated carbocycles. The Hall–Kier alpha value is -2.12. The number of nitrogens with two attached hydrogens (primary N) is 1. The van der Waals surface area contributed by atoms with Crippen molar-refractivity contribution in [3.63, 3.8) is 0 Å². The van der Waals surface area contributed by atoms with Gasteiger partial charge in [0.15, 0.2) is 5.52 Å². The summed E-state index contributed by atoms with van der Waals surface area (Å²) in [4.78, 5) is 18.7. The molecule has 8 nitrogen and oxygen atoms in total. The van der Waals surface area contributed by atoms with Gasteiger partial charge in [0.25, 0.3) is 5.56 Å². The lowest BCUT2D eigenvalue weighted by Crippen LogP contribution is -2.15. The molecule has 4 N–H and O–H groups in total. The second-order valence-corrected chi connectivity index (χ2v) is 2.35. The van der Waals surface area contributed by atoms with E-state index >= 15 is 0 Å². The van der Waals surface area contributed by atoms with Gasteiger partial charge in [0, 0.05) is 7.05 Å².